The van der Waals surface area contributed by atoms with Gasteiger partial charge < -0.3 is 14.4 Å². The monoisotopic (exact) mass is 325 g/mol. The number of methoxy groups -OCH3 is 1. The highest BCUT2D eigenvalue weighted by atomic mass is 16.6. The number of rotatable bonds is 5. The molecule has 23 heavy (non-hydrogen) atoms. The summed E-state index contributed by atoms with van der Waals surface area (Å²) in [6, 6.07) is 2.40. The van der Waals surface area contributed by atoms with E-state index in [4.69, 9.17) is 9.47 Å². The summed E-state index contributed by atoms with van der Waals surface area (Å²) in [7, 11) is 2.71. The van der Waals surface area contributed by atoms with Crippen LogP contribution in [0.4, 0.5) is 21.9 Å². The van der Waals surface area contributed by atoms with E-state index in [1.807, 2.05) is 0 Å². The first kappa shape index (κ1) is 18.2. The van der Waals surface area contributed by atoms with E-state index in [0.29, 0.717) is 6.41 Å². The minimum absolute atomic E-state index is 0.0385. The van der Waals surface area contributed by atoms with Crippen LogP contribution >= 0.6 is 0 Å². The lowest BCUT2D eigenvalue weighted by molar-refractivity contribution is -0.384. The highest BCUT2D eigenvalue weighted by Crippen LogP contribution is 2.37. The third kappa shape index (κ3) is 4.83. The zero-order valence-corrected chi connectivity index (χ0v) is 13.6. The molecule has 0 aliphatic carbocycles. The van der Waals surface area contributed by atoms with Crippen molar-refractivity contribution >= 4 is 29.6 Å². The van der Waals surface area contributed by atoms with Gasteiger partial charge in [0, 0.05) is 19.2 Å². The number of hydrogen-bond donors (Lipinski definition) is 1. The summed E-state index contributed by atoms with van der Waals surface area (Å²) in [5, 5.41) is 13.6. The second kappa shape index (κ2) is 6.95. The normalized spacial score (nSPS) is 10.7. The Balaban J connectivity index is 3.27. The molecule has 0 unspecified atom stereocenters. The first-order chi connectivity index (χ1) is 10.6. The second-order valence-electron chi connectivity index (χ2n) is 5.64. The molecule has 0 aliphatic heterocycles. The fourth-order valence-corrected chi connectivity index (χ4v) is 1.72. The first-order valence-electron chi connectivity index (χ1n) is 6.63. The Morgan fingerprint density at radius 2 is 2.00 bits per heavy atom. The number of amides is 2. The fraction of sp³-hybridized carbons (Fsp3) is 0.429. The van der Waals surface area contributed by atoms with Crippen LogP contribution in [0.3, 0.4) is 0 Å². The lowest BCUT2D eigenvalue weighted by atomic mass is 10.2. The van der Waals surface area contributed by atoms with Crippen LogP contribution in [0.2, 0.25) is 0 Å². The highest BCUT2D eigenvalue weighted by molar-refractivity contribution is 5.91. The summed E-state index contributed by atoms with van der Waals surface area (Å²) < 4.78 is 10.2. The summed E-state index contributed by atoms with van der Waals surface area (Å²) in [5.74, 6) is 0.158. The number of nitrogens with zero attached hydrogens (tertiary/aromatic N) is 2. The minimum Gasteiger partial charge on any atom is -0.494 e. The van der Waals surface area contributed by atoms with E-state index in [-0.39, 0.29) is 22.8 Å². The van der Waals surface area contributed by atoms with Crippen LogP contribution in [-0.2, 0) is 9.53 Å². The Labute approximate surface area is 133 Å². The third-order valence-corrected chi connectivity index (χ3v) is 2.67. The van der Waals surface area contributed by atoms with Crippen LogP contribution in [0.5, 0.6) is 5.75 Å². The van der Waals surface area contributed by atoms with Crippen molar-refractivity contribution in [1.82, 2.24) is 0 Å². The van der Waals surface area contributed by atoms with Gasteiger partial charge in [-0.1, -0.05) is 0 Å². The number of nitro groups is 1. The highest BCUT2D eigenvalue weighted by Gasteiger charge is 2.24. The summed E-state index contributed by atoms with van der Waals surface area (Å²) in [4.78, 5) is 34.3. The molecular weight excluding hydrogens is 306 g/mol. The number of anilines is 2. The van der Waals surface area contributed by atoms with Crippen LogP contribution in [0.25, 0.3) is 0 Å². The molecule has 1 aromatic rings. The summed E-state index contributed by atoms with van der Waals surface area (Å²) in [5.41, 5.74) is -0.972. The number of nitro benzene ring substituents is 1. The summed E-state index contributed by atoms with van der Waals surface area (Å²) >= 11 is 0. The van der Waals surface area contributed by atoms with Gasteiger partial charge in [0.2, 0.25) is 6.41 Å². The van der Waals surface area contributed by atoms with E-state index in [1.165, 1.54) is 20.2 Å². The van der Waals surface area contributed by atoms with Gasteiger partial charge in [0.15, 0.2) is 0 Å². The van der Waals surface area contributed by atoms with E-state index < -0.39 is 16.6 Å². The molecule has 0 heterocycles. The van der Waals surface area contributed by atoms with Gasteiger partial charge in [0.1, 0.15) is 17.0 Å². The van der Waals surface area contributed by atoms with Crippen molar-refractivity contribution in [2.45, 2.75) is 26.4 Å². The van der Waals surface area contributed by atoms with Crippen LogP contribution in [0.1, 0.15) is 20.8 Å². The molecule has 9 heteroatoms. The van der Waals surface area contributed by atoms with Gasteiger partial charge in [-0.2, -0.15) is 0 Å². The Morgan fingerprint density at radius 3 is 2.43 bits per heavy atom. The number of nitrogens with one attached hydrogen (secondary N) is 1. The number of ether oxygens (including phenoxy) is 2. The van der Waals surface area contributed by atoms with E-state index in [1.54, 1.807) is 20.8 Å². The van der Waals surface area contributed by atoms with Gasteiger partial charge in [-0.3, -0.25) is 20.2 Å². The van der Waals surface area contributed by atoms with Crippen molar-refractivity contribution in [3.8, 4) is 5.75 Å². The van der Waals surface area contributed by atoms with E-state index >= 15 is 0 Å². The lowest BCUT2D eigenvalue weighted by Crippen LogP contribution is -2.27. The summed E-state index contributed by atoms with van der Waals surface area (Å²) in [6.07, 6.45) is -0.343. The summed E-state index contributed by atoms with van der Waals surface area (Å²) in [6.45, 7) is 5.07. The maximum Gasteiger partial charge on any atom is 0.412 e. The lowest BCUT2D eigenvalue weighted by Gasteiger charge is -2.21. The van der Waals surface area contributed by atoms with E-state index in [0.717, 1.165) is 11.0 Å². The number of carbonyl (C=O) groups excluding carboxylic acids is 2. The molecule has 0 radical (unpaired) electrons. The molecule has 0 spiro atoms. The SMILES string of the molecule is COc1cc(N(C)C=O)c([N+](=O)[O-])cc1NC(=O)OC(C)(C)C. The average molecular weight is 325 g/mol. The largest absolute Gasteiger partial charge is 0.494 e. The van der Waals surface area contributed by atoms with Gasteiger partial charge >= 0.3 is 6.09 Å². The molecule has 0 saturated carbocycles. The maximum atomic E-state index is 11.8. The molecule has 2 amide bonds. The Bertz CT molecular complexity index is 624. The molecule has 126 valence electrons. The molecular formula is C14H19N3O6. The standard InChI is InChI=1S/C14H19N3O6/c1-14(2,3)23-13(19)15-9-6-11(17(20)21)10(16(4)8-18)7-12(9)22-5/h6-8H,1-5H3,(H,15,19). The first-order valence-corrected chi connectivity index (χ1v) is 6.63. The van der Waals surface area contributed by atoms with Gasteiger partial charge in [-0.25, -0.2) is 4.79 Å². The average Bonchev–Trinajstić information content (AvgIpc) is 2.43. The van der Waals surface area contributed by atoms with Crippen LogP contribution < -0.4 is 15.0 Å². The van der Waals surface area contributed by atoms with Crippen molar-refractivity contribution in [2.75, 3.05) is 24.4 Å². The van der Waals surface area contributed by atoms with Gasteiger partial charge in [-0.15, -0.1) is 0 Å². The van der Waals surface area contributed by atoms with Gasteiger partial charge in [0.05, 0.1) is 17.7 Å². The van der Waals surface area contributed by atoms with Gasteiger partial charge in [-0.05, 0) is 20.8 Å². The molecule has 0 aromatic heterocycles. The van der Waals surface area contributed by atoms with E-state index in [2.05, 4.69) is 5.32 Å². The Kier molecular flexibility index (Phi) is 5.50. The molecule has 1 N–H and O–H groups in total. The van der Waals surface area contributed by atoms with Crippen molar-refractivity contribution in [3.63, 3.8) is 0 Å². The topological polar surface area (TPSA) is 111 Å². The van der Waals surface area contributed by atoms with E-state index in [9.17, 15) is 19.7 Å². The van der Waals surface area contributed by atoms with Crippen molar-refractivity contribution in [1.29, 1.82) is 0 Å². The van der Waals surface area contributed by atoms with Crippen molar-refractivity contribution in [3.05, 3.63) is 22.2 Å². The molecule has 0 aliphatic rings. The molecule has 1 rings (SSSR count). The second-order valence-corrected chi connectivity index (χ2v) is 5.64. The van der Waals surface area contributed by atoms with Crippen LogP contribution in [0, 0.1) is 10.1 Å². The molecule has 0 bridgehead atoms. The van der Waals surface area contributed by atoms with Gasteiger partial charge in [0.25, 0.3) is 5.69 Å². The molecule has 1 aromatic carbocycles. The fourth-order valence-electron chi connectivity index (χ4n) is 1.72. The van der Waals surface area contributed by atoms with Crippen LogP contribution in [0.15, 0.2) is 12.1 Å². The third-order valence-electron chi connectivity index (χ3n) is 2.67. The van der Waals surface area contributed by atoms with Crippen molar-refractivity contribution < 1.29 is 24.0 Å². The Hall–Kier alpha value is -2.84. The molecule has 0 saturated heterocycles. The van der Waals surface area contributed by atoms with Crippen molar-refractivity contribution in [2.24, 2.45) is 0 Å². The minimum atomic E-state index is -0.776. The molecule has 0 fully saturated rings. The molecule has 9 nitrogen and oxygen atoms in total. The molecule has 0 atom stereocenters. The maximum absolute atomic E-state index is 11.8. The predicted octanol–water partition coefficient (Wildman–Crippen LogP) is 2.54. The smallest absolute Gasteiger partial charge is 0.412 e. The number of carbonyl (C=O) groups is 2. The quantitative estimate of drug-likeness (QED) is 0.506. The number of hydrogen-bond acceptors (Lipinski definition) is 6. The predicted molar refractivity (Wildman–Crippen MR) is 84.0 cm³/mol. The zero-order valence-electron chi connectivity index (χ0n) is 13.6. The van der Waals surface area contributed by atoms with Crippen LogP contribution in [-0.4, -0.2) is 37.2 Å². The number of benzene rings is 1. The zero-order chi connectivity index (χ0) is 17.8. The Morgan fingerprint density at radius 1 is 1.39 bits per heavy atom.